The Morgan fingerprint density at radius 1 is 1.56 bits per heavy atom. The molecule has 0 saturated heterocycles. The maximum Gasteiger partial charge on any atom is 0.0597 e. The summed E-state index contributed by atoms with van der Waals surface area (Å²) in [5.41, 5.74) is 2.31. The van der Waals surface area contributed by atoms with Gasteiger partial charge in [-0.1, -0.05) is 0 Å². The second kappa shape index (κ2) is 6.01. The summed E-state index contributed by atoms with van der Waals surface area (Å²) in [6.07, 6.45) is 0.593. The molecule has 16 heavy (non-hydrogen) atoms. The average molecular weight is 225 g/mol. The van der Waals surface area contributed by atoms with Gasteiger partial charge in [0.05, 0.1) is 17.5 Å². The Hall–Kier alpha value is -0.870. The van der Waals surface area contributed by atoms with Gasteiger partial charge >= 0.3 is 0 Å². The summed E-state index contributed by atoms with van der Waals surface area (Å²) in [6, 6.07) is 2.13. The number of hydrogen-bond acceptors (Lipinski definition) is 3. The molecule has 0 aliphatic rings. The van der Waals surface area contributed by atoms with E-state index in [1.54, 1.807) is 0 Å². The van der Waals surface area contributed by atoms with E-state index in [-0.39, 0.29) is 6.10 Å². The Morgan fingerprint density at radius 3 is 2.81 bits per heavy atom. The smallest absolute Gasteiger partial charge is 0.0597 e. The zero-order valence-corrected chi connectivity index (χ0v) is 10.8. The summed E-state index contributed by atoms with van der Waals surface area (Å²) >= 11 is 0. The average Bonchev–Trinajstić information content (AvgIpc) is 2.55. The molecule has 1 atom stereocenters. The van der Waals surface area contributed by atoms with Gasteiger partial charge in [0, 0.05) is 19.6 Å². The molecule has 0 aromatic carbocycles. The summed E-state index contributed by atoms with van der Waals surface area (Å²) in [4.78, 5) is 2.22. The van der Waals surface area contributed by atoms with Gasteiger partial charge in [-0.05, 0) is 40.3 Å². The number of hydrogen-bond donors (Lipinski definition) is 1. The van der Waals surface area contributed by atoms with Crippen LogP contribution in [-0.2, 0) is 13.1 Å². The van der Waals surface area contributed by atoms with Crippen LogP contribution in [0.2, 0.25) is 0 Å². The van der Waals surface area contributed by atoms with Crippen LogP contribution in [-0.4, -0.2) is 39.5 Å². The first-order chi connectivity index (χ1) is 7.52. The van der Waals surface area contributed by atoms with Crippen molar-refractivity contribution in [1.29, 1.82) is 0 Å². The molecule has 1 heterocycles. The first-order valence-corrected chi connectivity index (χ1v) is 5.92. The fourth-order valence-corrected chi connectivity index (χ4v) is 1.76. The van der Waals surface area contributed by atoms with Crippen LogP contribution < -0.4 is 0 Å². The van der Waals surface area contributed by atoms with Crippen LogP contribution in [0.4, 0.5) is 0 Å². The monoisotopic (exact) mass is 225 g/mol. The Labute approximate surface area is 97.9 Å². The van der Waals surface area contributed by atoms with Crippen molar-refractivity contribution < 1.29 is 5.11 Å². The fourth-order valence-electron chi connectivity index (χ4n) is 1.76. The van der Waals surface area contributed by atoms with E-state index in [4.69, 9.17) is 0 Å². The van der Waals surface area contributed by atoms with Gasteiger partial charge in [0.15, 0.2) is 0 Å². The van der Waals surface area contributed by atoms with Crippen molar-refractivity contribution in [3.05, 3.63) is 17.5 Å². The molecule has 1 rings (SSSR count). The summed E-state index contributed by atoms with van der Waals surface area (Å²) in [7, 11) is 2.07. The van der Waals surface area contributed by atoms with E-state index >= 15 is 0 Å². The SMILES string of the molecule is CCn1nc(C)cc1CN(C)CCC(C)O. The highest BCUT2D eigenvalue weighted by Gasteiger charge is 2.07. The van der Waals surface area contributed by atoms with Crippen molar-refractivity contribution in [2.75, 3.05) is 13.6 Å². The van der Waals surface area contributed by atoms with E-state index in [0.717, 1.165) is 31.7 Å². The predicted octanol–water partition coefficient (Wildman–Crippen LogP) is 1.41. The zero-order valence-electron chi connectivity index (χ0n) is 10.8. The second-order valence-electron chi connectivity index (χ2n) is 4.47. The number of rotatable bonds is 6. The lowest BCUT2D eigenvalue weighted by molar-refractivity contribution is 0.162. The Bertz CT molecular complexity index is 320. The molecule has 92 valence electrons. The largest absolute Gasteiger partial charge is 0.393 e. The first-order valence-electron chi connectivity index (χ1n) is 5.92. The quantitative estimate of drug-likeness (QED) is 0.796. The Balaban J connectivity index is 2.51. The molecule has 0 saturated carbocycles. The molecule has 1 N–H and O–H groups in total. The molecule has 0 aliphatic carbocycles. The number of aliphatic hydroxyl groups is 1. The second-order valence-corrected chi connectivity index (χ2v) is 4.47. The van der Waals surface area contributed by atoms with Gasteiger partial charge < -0.3 is 10.0 Å². The molecule has 0 aliphatic heterocycles. The van der Waals surface area contributed by atoms with Crippen molar-refractivity contribution in [3.8, 4) is 0 Å². The van der Waals surface area contributed by atoms with E-state index < -0.39 is 0 Å². The topological polar surface area (TPSA) is 41.3 Å². The highest BCUT2D eigenvalue weighted by atomic mass is 16.3. The molecule has 1 aromatic rings. The molecule has 1 unspecified atom stereocenters. The molecule has 0 fully saturated rings. The maximum atomic E-state index is 9.23. The number of nitrogens with zero attached hydrogens (tertiary/aromatic N) is 3. The summed E-state index contributed by atoms with van der Waals surface area (Å²) < 4.78 is 2.04. The van der Waals surface area contributed by atoms with Gasteiger partial charge in [-0.25, -0.2) is 0 Å². The van der Waals surface area contributed by atoms with Crippen LogP contribution in [0.1, 0.15) is 31.7 Å². The fraction of sp³-hybridized carbons (Fsp3) is 0.750. The number of aliphatic hydroxyl groups excluding tert-OH is 1. The third-order valence-corrected chi connectivity index (χ3v) is 2.65. The molecule has 0 radical (unpaired) electrons. The first kappa shape index (κ1) is 13.2. The third-order valence-electron chi connectivity index (χ3n) is 2.65. The minimum absolute atomic E-state index is 0.222. The minimum atomic E-state index is -0.222. The molecule has 4 heteroatoms. The predicted molar refractivity (Wildman–Crippen MR) is 65.3 cm³/mol. The summed E-state index contributed by atoms with van der Waals surface area (Å²) in [5, 5.41) is 13.6. The van der Waals surface area contributed by atoms with E-state index in [2.05, 4.69) is 30.0 Å². The summed E-state index contributed by atoms with van der Waals surface area (Å²) in [5.74, 6) is 0. The van der Waals surface area contributed by atoms with Crippen LogP contribution in [0.25, 0.3) is 0 Å². The molecular formula is C12H23N3O. The van der Waals surface area contributed by atoms with Gasteiger partial charge in [-0.2, -0.15) is 5.10 Å². The molecule has 0 spiro atoms. The Morgan fingerprint density at radius 2 is 2.25 bits per heavy atom. The van der Waals surface area contributed by atoms with Crippen molar-refractivity contribution in [1.82, 2.24) is 14.7 Å². The van der Waals surface area contributed by atoms with Crippen LogP contribution >= 0.6 is 0 Å². The lowest BCUT2D eigenvalue weighted by atomic mass is 10.2. The van der Waals surface area contributed by atoms with E-state index in [1.807, 2.05) is 18.5 Å². The standard InChI is InChI=1S/C12H23N3O/c1-5-15-12(8-10(2)13-15)9-14(4)7-6-11(3)16/h8,11,16H,5-7,9H2,1-4H3. The maximum absolute atomic E-state index is 9.23. The molecule has 0 bridgehead atoms. The lowest BCUT2D eigenvalue weighted by Gasteiger charge is -2.17. The van der Waals surface area contributed by atoms with Gasteiger partial charge in [-0.3, -0.25) is 4.68 Å². The van der Waals surface area contributed by atoms with Gasteiger partial charge in [0.2, 0.25) is 0 Å². The van der Waals surface area contributed by atoms with Crippen molar-refractivity contribution in [2.24, 2.45) is 0 Å². The van der Waals surface area contributed by atoms with E-state index in [9.17, 15) is 5.11 Å². The highest BCUT2D eigenvalue weighted by Crippen LogP contribution is 2.07. The molecule has 4 nitrogen and oxygen atoms in total. The normalized spacial score (nSPS) is 13.4. The van der Waals surface area contributed by atoms with Crippen LogP contribution in [0.3, 0.4) is 0 Å². The van der Waals surface area contributed by atoms with Crippen LogP contribution in [0, 0.1) is 6.92 Å². The van der Waals surface area contributed by atoms with Crippen LogP contribution in [0.5, 0.6) is 0 Å². The lowest BCUT2D eigenvalue weighted by Crippen LogP contribution is -2.23. The van der Waals surface area contributed by atoms with Crippen LogP contribution in [0.15, 0.2) is 6.07 Å². The van der Waals surface area contributed by atoms with Gasteiger partial charge in [0.25, 0.3) is 0 Å². The Kier molecular flexibility index (Phi) is 4.96. The third kappa shape index (κ3) is 3.94. The highest BCUT2D eigenvalue weighted by molar-refractivity contribution is 5.08. The van der Waals surface area contributed by atoms with Crippen molar-refractivity contribution >= 4 is 0 Å². The van der Waals surface area contributed by atoms with Crippen molar-refractivity contribution in [2.45, 2.75) is 46.4 Å². The number of aryl methyl sites for hydroxylation is 2. The zero-order chi connectivity index (χ0) is 12.1. The number of aromatic nitrogens is 2. The van der Waals surface area contributed by atoms with E-state index in [1.165, 1.54) is 5.69 Å². The van der Waals surface area contributed by atoms with Gasteiger partial charge in [0.1, 0.15) is 0 Å². The van der Waals surface area contributed by atoms with E-state index in [0.29, 0.717) is 0 Å². The van der Waals surface area contributed by atoms with Gasteiger partial charge in [-0.15, -0.1) is 0 Å². The minimum Gasteiger partial charge on any atom is -0.393 e. The molecule has 0 amide bonds. The summed E-state index contributed by atoms with van der Waals surface area (Å²) in [6.45, 7) is 8.66. The molecule has 1 aromatic heterocycles. The van der Waals surface area contributed by atoms with Crippen molar-refractivity contribution in [3.63, 3.8) is 0 Å². The molecular weight excluding hydrogens is 202 g/mol.